The van der Waals surface area contributed by atoms with Crippen molar-refractivity contribution < 1.29 is 4.79 Å². The highest BCUT2D eigenvalue weighted by atomic mass is 35.5. The standard InChI is InChI=1S/C13H15ClN6O/c1-7-4-3-5-9(10(7)12(21)16-2)18-11-8(14)6-17-13(19-11)20-15/h3-6H,15H2,1-2H3,(H,16,21)(H2,17,18,19,20). The summed E-state index contributed by atoms with van der Waals surface area (Å²) < 4.78 is 0. The molecule has 1 amide bonds. The van der Waals surface area contributed by atoms with Crippen molar-refractivity contribution in [2.45, 2.75) is 6.92 Å². The first-order chi connectivity index (χ1) is 10.1. The summed E-state index contributed by atoms with van der Waals surface area (Å²) in [5.74, 6) is 5.66. The SMILES string of the molecule is CNC(=O)c1c(C)cccc1Nc1nc(NN)ncc1Cl. The number of carbonyl (C=O) groups excluding carboxylic acids is 1. The minimum absolute atomic E-state index is 0.196. The maximum Gasteiger partial charge on any atom is 0.253 e. The molecule has 2 aromatic rings. The van der Waals surface area contributed by atoms with Gasteiger partial charge in [-0.1, -0.05) is 23.7 Å². The fourth-order valence-corrected chi connectivity index (χ4v) is 1.99. The zero-order chi connectivity index (χ0) is 15.4. The van der Waals surface area contributed by atoms with E-state index in [1.807, 2.05) is 19.1 Å². The molecule has 0 spiro atoms. The number of hydrogen-bond acceptors (Lipinski definition) is 6. The molecule has 5 N–H and O–H groups in total. The Kier molecular flexibility index (Phi) is 4.56. The van der Waals surface area contributed by atoms with Gasteiger partial charge in [-0.25, -0.2) is 10.8 Å². The Bertz CT molecular complexity index is 676. The highest BCUT2D eigenvalue weighted by Crippen LogP contribution is 2.27. The number of hydrazine groups is 1. The van der Waals surface area contributed by atoms with Crippen LogP contribution in [-0.2, 0) is 0 Å². The number of aromatic nitrogens is 2. The smallest absolute Gasteiger partial charge is 0.253 e. The van der Waals surface area contributed by atoms with E-state index < -0.39 is 0 Å². The zero-order valence-corrected chi connectivity index (χ0v) is 12.3. The van der Waals surface area contributed by atoms with E-state index in [9.17, 15) is 4.79 Å². The maximum atomic E-state index is 12.0. The molecule has 0 aliphatic rings. The van der Waals surface area contributed by atoms with Gasteiger partial charge in [0.25, 0.3) is 5.91 Å². The molecule has 2 rings (SSSR count). The number of nitrogens with one attached hydrogen (secondary N) is 3. The van der Waals surface area contributed by atoms with Gasteiger partial charge in [-0.2, -0.15) is 4.98 Å². The van der Waals surface area contributed by atoms with E-state index in [-0.39, 0.29) is 11.9 Å². The second-order valence-electron chi connectivity index (χ2n) is 4.24. The van der Waals surface area contributed by atoms with Crippen molar-refractivity contribution in [3.63, 3.8) is 0 Å². The molecule has 7 nitrogen and oxygen atoms in total. The Hall–Kier alpha value is -2.38. The van der Waals surface area contributed by atoms with Gasteiger partial charge in [0.2, 0.25) is 5.95 Å². The van der Waals surface area contributed by atoms with Crippen molar-refractivity contribution in [3.8, 4) is 0 Å². The molecule has 21 heavy (non-hydrogen) atoms. The minimum atomic E-state index is -0.196. The summed E-state index contributed by atoms with van der Waals surface area (Å²) in [6, 6.07) is 5.46. The fourth-order valence-electron chi connectivity index (χ4n) is 1.85. The van der Waals surface area contributed by atoms with Crippen LogP contribution in [0.5, 0.6) is 0 Å². The zero-order valence-electron chi connectivity index (χ0n) is 11.6. The summed E-state index contributed by atoms with van der Waals surface area (Å²) in [7, 11) is 1.58. The first-order valence-corrected chi connectivity index (χ1v) is 6.52. The molecule has 0 aliphatic carbocycles. The van der Waals surface area contributed by atoms with Crippen molar-refractivity contribution in [2.24, 2.45) is 5.84 Å². The van der Waals surface area contributed by atoms with E-state index in [0.29, 0.717) is 22.1 Å². The number of benzene rings is 1. The average molecular weight is 307 g/mol. The monoisotopic (exact) mass is 306 g/mol. The van der Waals surface area contributed by atoms with Crippen molar-refractivity contribution in [3.05, 3.63) is 40.5 Å². The molecule has 0 radical (unpaired) electrons. The van der Waals surface area contributed by atoms with Gasteiger partial charge < -0.3 is 10.6 Å². The highest BCUT2D eigenvalue weighted by molar-refractivity contribution is 6.33. The van der Waals surface area contributed by atoms with Crippen molar-refractivity contribution in [2.75, 3.05) is 17.8 Å². The Morgan fingerprint density at radius 2 is 2.14 bits per heavy atom. The highest BCUT2D eigenvalue weighted by Gasteiger charge is 2.14. The van der Waals surface area contributed by atoms with Gasteiger partial charge in [0, 0.05) is 7.05 Å². The molecule has 0 fully saturated rings. The molecular formula is C13H15ClN6O. The fraction of sp³-hybridized carbons (Fsp3) is 0.154. The lowest BCUT2D eigenvalue weighted by Gasteiger charge is -2.14. The van der Waals surface area contributed by atoms with Gasteiger partial charge in [0.15, 0.2) is 5.82 Å². The van der Waals surface area contributed by atoms with Gasteiger partial charge in [0.05, 0.1) is 17.4 Å². The van der Waals surface area contributed by atoms with Crippen LogP contribution in [0.1, 0.15) is 15.9 Å². The van der Waals surface area contributed by atoms with Crippen molar-refractivity contribution >= 4 is 35.0 Å². The number of nitrogen functional groups attached to an aromatic ring is 1. The minimum Gasteiger partial charge on any atom is -0.355 e. The normalized spacial score (nSPS) is 10.1. The number of halogens is 1. The number of aryl methyl sites for hydroxylation is 1. The van der Waals surface area contributed by atoms with E-state index in [0.717, 1.165) is 5.56 Å². The molecule has 110 valence electrons. The van der Waals surface area contributed by atoms with E-state index in [4.69, 9.17) is 17.4 Å². The molecule has 8 heteroatoms. The van der Waals surface area contributed by atoms with E-state index in [1.54, 1.807) is 13.1 Å². The largest absolute Gasteiger partial charge is 0.355 e. The second-order valence-corrected chi connectivity index (χ2v) is 4.64. The second kappa shape index (κ2) is 6.38. The molecule has 0 bridgehead atoms. The topological polar surface area (TPSA) is 105 Å². The van der Waals surface area contributed by atoms with Crippen molar-refractivity contribution in [1.82, 2.24) is 15.3 Å². The van der Waals surface area contributed by atoms with Gasteiger partial charge in [0.1, 0.15) is 5.02 Å². The first-order valence-electron chi connectivity index (χ1n) is 6.14. The third kappa shape index (κ3) is 3.21. The summed E-state index contributed by atoms with van der Waals surface area (Å²) >= 11 is 6.05. The van der Waals surface area contributed by atoms with Crippen LogP contribution in [0.4, 0.5) is 17.5 Å². The Morgan fingerprint density at radius 1 is 1.38 bits per heavy atom. The van der Waals surface area contributed by atoms with Gasteiger partial charge >= 0.3 is 0 Å². The predicted molar refractivity (Wildman–Crippen MR) is 82.7 cm³/mol. The lowest BCUT2D eigenvalue weighted by Crippen LogP contribution is -2.20. The maximum absolute atomic E-state index is 12.0. The average Bonchev–Trinajstić information content (AvgIpc) is 2.49. The molecule has 1 aromatic heterocycles. The summed E-state index contributed by atoms with van der Waals surface area (Å²) in [6.07, 6.45) is 1.42. The van der Waals surface area contributed by atoms with Gasteiger partial charge in [-0.3, -0.25) is 10.2 Å². The molecule has 0 saturated carbocycles. The molecule has 0 atom stereocenters. The number of rotatable bonds is 4. The summed E-state index contributed by atoms with van der Waals surface area (Å²) in [5.41, 5.74) is 4.30. The Morgan fingerprint density at radius 3 is 2.81 bits per heavy atom. The van der Waals surface area contributed by atoms with Crippen LogP contribution in [-0.4, -0.2) is 22.9 Å². The van der Waals surface area contributed by atoms with Crippen LogP contribution in [0.15, 0.2) is 24.4 Å². The van der Waals surface area contributed by atoms with E-state index in [1.165, 1.54) is 6.20 Å². The van der Waals surface area contributed by atoms with E-state index >= 15 is 0 Å². The van der Waals surface area contributed by atoms with Gasteiger partial charge in [-0.05, 0) is 18.6 Å². The number of nitrogens with two attached hydrogens (primary N) is 1. The van der Waals surface area contributed by atoms with Crippen LogP contribution in [0.25, 0.3) is 0 Å². The number of anilines is 3. The lowest BCUT2D eigenvalue weighted by molar-refractivity contribution is 0.0963. The summed E-state index contributed by atoms with van der Waals surface area (Å²) in [6.45, 7) is 1.85. The Balaban J connectivity index is 2.45. The van der Waals surface area contributed by atoms with Crippen molar-refractivity contribution in [1.29, 1.82) is 0 Å². The molecule has 1 heterocycles. The molecule has 0 aliphatic heterocycles. The molecule has 0 saturated heterocycles. The number of hydrogen-bond donors (Lipinski definition) is 4. The summed E-state index contributed by atoms with van der Waals surface area (Å²) in [5, 5.41) is 5.96. The quantitative estimate of drug-likeness (QED) is 0.507. The molecule has 1 aromatic carbocycles. The van der Waals surface area contributed by atoms with Crippen LogP contribution in [0.2, 0.25) is 5.02 Å². The first kappa shape index (κ1) is 15.0. The van der Waals surface area contributed by atoms with Crippen LogP contribution in [0.3, 0.4) is 0 Å². The van der Waals surface area contributed by atoms with Crippen LogP contribution < -0.4 is 21.9 Å². The number of amides is 1. The Labute approximate surface area is 126 Å². The third-order valence-corrected chi connectivity index (χ3v) is 3.13. The predicted octanol–water partition coefficient (Wildman–Crippen LogP) is 1.83. The number of carbonyl (C=O) groups is 1. The molecule has 0 unspecified atom stereocenters. The lowest BCUT2D eigenvalue weighted by atomic mass is 10.1. The van der Waals surface area contributed by atoms with E-state index in [2.05, 4.69) is 26.0 Å². The third-order valence-electron chi connectivity index (χ3n) is 2.85. The molecular weight excluding hydrogens is 292 g/mol. The van der Waals surface area contributed by atoms with Crippen LogP contribution >= 0.6 is 11.6 Å². The summed E-state index contributed by atoms with van der Waals surface area (Å²) in [4.78, 5) is 20.0. The van der Waals surface area contributed by atoms with Crippen LogP contribution in [0, 0.1) is 6.92 Å². The number of nitrogens with zero attached hydrogens (tertiary/aromatic N) is 2. The van der Waals surface area contributed by atoms with Gasteiger partial charge in [-0.15, -0.1) is 0 Å².